The highest BCUT2D eigenvalue weighted by molar-refractivity contribution is 8.06. The van der Waals surface area contributed by atoms with Gasteiger partial charge in [0.15, 0.2) is 5.78 Å². The molecule has 0 bridgehead atoms. The first kappa shape index (κ1) is 16.5. The Hall–Kier alpha value is -1.49. The van der Waals surface area contributed by atoms with Gasteiger partial charge >= 0.3 is 0 Å². The molecule has 0 rings (SSSR count). The Labute approximate surface area is 112 Å². The summed E-state index contributed by atoms with van der Waals surface area (Å²) in [6, 6.07) is 0. The van der Waals surface area contributed by atoms with Gasteiger partial charge in [-0.3, -0.25) is 9.59 Å². The largest absolute Gasteiger partial charge is 0.398 e. The molecule has 100 valence electrons. The zero-order chi connectivity index (χ0) is 14.3. The third kappa shape index (κ3) is 5.23. The molecule has 0 saturated heterocycles. The van der Waals surface area contributed by atoms with E-state index in [1.54, 1.807) is 6.92 Å². The number of Topliss-reactive ketones (excluding diaryl/α,β-unsaturated/α-hetero) is 1. The lowest BCUT2D eigenvalue weighted by Gasteiger charge is -2.12. The van der Waals surface area contributed by atoms with Gasteiger partial charge in [0.25, 0.3) is 0 Å². The van der Waals surface area contributed by atoms with E-state index in [4.69, 9.17) is 5.73 Å². The van der Waals surface area contributed by atoms with Gasteiger partial charge in [-0.05, 0) is 38.2 Å². The average Bonchev–Trinajstić information content (AvgIpc) is 2.26. The molecule has 3 N–H and O–H groups in total. The number of nitrogens with one attached hydrogen (secondary N) is 1. The van der Waals surface area contributed by atoms with Crippen molar-refractivity contribution in [3.8, 4) is 0 Å². The molecule has 0 aromatic rings. The summed E-state index contributed by atoms with van der Waals surface area (Å²) in [5, 5.41) is 2.48. The lowest BCUT2D eigenvalue weighted by atomic mass is 10.0. The Balaban J connectivity index is 5.36. The highest BCUT2D eigenvalue weighted by Crippen LogP contribution is 2.27. The first-order chi connectivity index (χ1) is 8.31. The van der Waals surface area contributed by atoms with Crippen LogP contribution >= 0.6 is 11.8 Å². The molecule has 18 heavy (non-hydrogen) atoms. The summed E-state index contributed by atoms with van der Waals surface area (Å²) in [7, 11) is 0. The zero-order valence-electron chi connectivity index (χ0n) is 11.3. The molecule has 0 radical (unpaired) electrons. The van der Waals surface area contributed by atoms with Crippen molar-refractivity contribution in [1.82, 2.24) is 5.32 Å². The Morgan fingerprint density at radius 3 is 2.28 bits per heavy atom. The first-order valence-electron chi connectivity index (χ1n) is 5.49. The summed E-state index contributed by atoms with van der Waals surface area (Å²) in [5.41, 5.74) is 7.78. The maximum atomic E-state index is 11.5. The van der Waals surface area contributed by atoms with Crippen LogP contribution in [0.25, 0.3) is 0 Å². The molecule has 0 aromatic heterocycles. The van der Waals surface area contributed by atoms with Gasteiger partial charge in [-0.15, -0.1) is 0 Å². The zero-order valence-corrected chi connectivity index (χ0v) is 12.1. The second kappa shape index (κ2) is 7.76. The number of hydrogen-bond donors (Lipinski definition) is 2. The van der Waals surface area contributed by atoms with E-state index in [9.17, 15) is 9.59 Å². The lowest BCUT2D eigenvalue weighted by molar-refractivity contribution is -0.113. The van der Waals surface area contributed by atoms with E-state index in [2.05, 4.69) is 11.9 Å². The Bertz CT molecular complexity index is 423. The van der Waals surface area contributed by atoms with Gasteiger partial charge < -0.3 is 11.1 Å². The molecule has 0 atom stereocenters. The SMILES string of the molecule is C=C(C)S/C(C)=C(N)/C(C)=C(/CNC=O)C(C)=O. The summed E-state index contributed by atoms with van der Waals surface area (Å²) < 4.78 is 0. The first-order valence-corrected chi connectivity index (χ1v) is 6.30. The van der Waals surface area contributed by atoms with Gasteiger partial charge in [0.05, 0.1) is 0 Å². The fraction of sp³-hybridized carbons (Fsp3) is 0.385. The number of carbonyl (C=O) groups is 2. The van der Waals surface area contributed by atoms with E-state index in [-0.39, 0.29) is 12.3 Å². The summed E-state index contributed by atoms with van der Waals surface area (Å²) in [6.07, 6.45) is 0.561. The van der Waals surface area contributed by atoms with Crippen molar-refractivity contribution in [3.63, 3.8) is 0 Å². The van der Waals surface area contributed by atoms with E-state index in [1.165, 1.54) is 18.7 Å². The van der Waals surface area contributed by atoms with Crippen molar-refractivity contribution in [2.45, 2.75) is 27.7 Å². The third-order valence-corrected chi connectivity index (χ3v) is 3.22. The van der Waals surface area contributed by atoms with E-state index in [1.807, 2.05) is 13.8 Å². The second-order valence-electron chi connectivity index (χ2n) is 3.93. The Kier molecular flexibility index (Phi) is 7.12. The molecule has 0 aromatic carbocycles. The van der Waals surface area contributed by atoms with Crippen LogP contribution in [-0.2, 0) is 9.59 Å². The minimum Gasteiger partial charge on any atom is -0.398 e. The van der Waals surface area contributed by atoms with Crippen LogP contribution in [0.2, 0.25) is 0 Å². The minimum atomic E-state index is -0.0991. The molecule has 0 spiro atoms. The van der Waals surface area contributed by atoms with Crippen LogP contribution in [0.5, 0.6) is 0 Å². The van der Waals surface area contributed by atoms with Crippen LogP contribution in [0.15, 0.2) is 33.2 Å². The molecule has 0 aliphatic carbocycles. The number of carbonyl (C=O) groups excluding carboxylic acids is 2. The predicted octanol–water partition coefficient (Wildman–Crippen LogP) is 2.09. The Morgan fingerprint density at radius 2 is 1.89 bits per heavy atom. The number of amides is 1. The molecule has 4 nitrogen and oxygen atoms in total. The van der Waals surface area contributed by atoms with Crippen LogP contribution in [0.3, 0.4) is 0 Å². The number of ketones is 1. The Morgan fingerprint density at radius 1 is 1.33 bits per heavy atom. The van der Waals surface area contributed by atoms with E-state index >= 15 is 0 Å². The van der Waals surface area contributed by atoms with Gasteiger partial charge in [-0.2, -0.15) is 0 Å². The quantitative estimate of drug-likeness (QED) is 0.421. The molecule has 0 fully saturated rings. The van der Waals surface area contributed by atoms with Gasteiger partial charge in [-0.25, -0.2) is 0 Å². The highest BCUT2D eigenvalue weighted by Gasteiger charge is 2.11. The lowest BCUT2D eigenvalue weighted by Crippen LogP contribution is -2.21. The van der Waals surface area contributed by atoms with E-state index in [0.717, 1.165) is 9.81 Å². The molecule has 0 unspecified atom stereocenters. The normalized spacial score (nSPS) is 13.3. The van der Waals surface area contributed by atoms with Crippen LogP contribution < -0.4 is 11.1 Å². The van der Waals surface area contributed by atoms with Crippen molar-refractivity contribution in [3.05, 3.63) is 33.2 Å². The molecule has 0 aliphatic rings. The number of hydrogen-bond acceptors (Lipinski definition) is 4. The van der Waals surface area contributed by atoms with Crippen molar-refractivity contribution in [2.75, 3.05) is 6.54 Å². The maximum Gasteiger partial charge on any atom is 0.207 e. The van der Waals surface area contributed by atoms with E-state index in [0.29, 0.717) is 23.3 Å². The van der Waals surface area contributed by atoms with Gasteiger partial charge in [-0.1, -0.05) is 18.3 Å². The van der Waals surface area contributed by atoms with Crippen LogP contribution in [0.4, 0.5) is 0 Å². The minimum absolute atomic E-state index is 0.0991. The van der Waals surface area contributed by atoms with E-state index < -0.39 is 0 Å². The fourth-order valence-corrected chi connectivity index (χ4v) is 2.19. The highest BCUT2D eigenvalue weighted by atomic mass is 32.2. The summed E-state index contributed by atoms with van der Waals surface area (Å²) >= 11 is 1.47. The maximum absolute atomic E-state index is 11.5. The number of rotatable bonds is 7. The smallest absolute Gasteiger partial charge is 0.207 e. The number of nitrogens with two attached hydrogens (primary N) is 1. The van der Waals surface area contributed by atoms with Crippen molar-refractivity contribution in [1.29, 1.82) is 0 Å². The van der Waals surface area contributed by atoms with Crippen molar-refractivity contribution in [2.24, 2.45) is 5.73 Å². The van der Waals surface area contributed by atoms with Gasteiger partial charge in [0, 0.05) is 22.7 Å². The standard InChI is InChI=1S/C13H20N2O2S/c1-8(2)18-11(5)13(14)9(3)12(10(4)17)6-15-7-16/h7H,1,6,14H2,2-5H3,(H,15,16)/b12-9-,13-11-. The molecule has 5 heteroatoms. The van der Waals surface area contributed by atoms with Crippen LogP contribution in [-0.4, -0.2) is 18.7 Å². The third-order valence-electron chi connectivity index (χ3n) is 2.35. The molecular formula is C13H20N2O2S. The monoisotopic (exact) mass is 268 g/mol. The van der Waals surface area contributed by atoms with Crippen molar-refractivity contribution >= 4 is 24.0 Å². The average molecular weight is 268 g/mol. The van der Waals surface area contributed by atoms with Gasteiger partial charge in [0.1, 0.15) is 0 Å². The predicted molar refractivity (Wildman–Crippen MR) is 76.7 cm³/mol. The molecule has 0 aliphatic heterocycles. The summed E-state index contributed by atoms with van der Waals surface area (Å²) in [6.45, 7) is 11.0. The fourth-order valence-electron chi connectivity index (χ4n) is 1.41. The molecular weight excluding hydrogens is 248 g/mol. The summed E-state index contributed by atoms with van der Waals surface area (Å²) in [5.74, 6) is -0.0991. The molecule has 1 amide bonds. The van der Waals surface area contributed by atoms with Crippen LogP contribution in [0, 0.1) is 0 Å². The van der Waals surface area contributed by atoms with Gasteiger partial charge in [0.2, 0.25) is 6.41 Å². The second-order valence-corrected chi connectivity index (χ2v) is 5.45. The molecule has 0 heterocycles. The number of allylic oxidation sites excluding steroid dienone is 3. The summed E-state index contributed by atoms with van der Waals surface area (Å²) in [4.78, 5) is 23.6. The number of thioether (sulfide) groups is 1. The van der Waals surface area contributed by atoms with Crippen molar-refractivity contribution < 1.29 is 9.59 Å². The topological polar surface area (TPSA) is 72.2 Å². The molecule has 0 saturated carbocycles. The van der Waals surface area contributed by atoms with Crippen LogP contribution in [0.1, 0.15) is 27.7 Å².